The van der Waals surface area contributed by atoms with E-state index in [2.05, 4.69) is 16.9 Å². The van der Waals surface area contributed by atoms with E-state index in [1.807, 2.05) is 26.0 Å². The van der Waals surface area contributed by atoms with Crippen molar-refractivity contribution in [1.82, 2.24) is 19.8 Å². The van der Waals surface area contributed by atoms with Crippen molar-refractivity contribution in [3.8, 4) is 5.75 Å². The fourth-order valence-corrected chi connectivity index (χ4v) is 4.41. The molecule has 0 radical (unpaired) electrons. The maximum Gasteiger partial charge on any atom is 0.342 e. The highest BCUT2D eigenvalue weighted by Gasteiger charge is 2.34. The molecule has 3 rings (SSSR count). The molecular formula is C28H38N4O5. The molecule has 1 aromatic carbocycles. The average Bonchev–Trinajstić information content (AvgIpc) is 2.88. The van der Waals surface area contributed by atoms with Gasteiger partial charge in [0.2, 0.25) is 0 Å². The van der Waals surface area contributed by atoms with Crippen LogP contribution >= 0.6 is 0 Å². The first-order chi connectivity index (χ1) is 17.8. The summed E-state index contributed by atoms with van der Waals surface area (Å²) < 4.78 is 10.9. The van der Waals surface area contributed by atoms with Crippen LogP contribution in [-0.4, -0.2) is 76.4 Å². The maximum absolute atomic E-state index is 13.6. The lowest BCUT2D eigenvalue weighted by Gasteiger charge is -2.40. The molecule has 2 heterocycles. The Bertz CT molecular complexity index is 1100. The first kappa shape index (κ1) is 28.1. The van der Waals surface area contributed by atoms with Crippen LogP contribution in [0.2, 0.25) is 0 Å². The molecule has 2 aromatic rings. The summed E-state index contributed by atoms with van der Waals surface area (Å²) in [5.74, 6) is 0.157. The molecule has 9 heteroatoms. The minimum absolute atomic E-state index is 0.0695. The molecular weight excluding hydrogens is 472 g/mol. The second-order valence-corrected chi connectivity index (χ2v) is 9.24. The van der Waals surface area contributed by atoms with Gasteiger partial charge in [0.1, 0.15) is 22.8 Å². The molecule has 1 aromatic heterocycles. The van der Waals surface area contributed by atoms with Gasteiger partial charge < -0.3 is 19.3 Å². The number of piperazine rings is 1. The Morgan fingerprint density at radius 3 is 2.35 bits per heavy atom. The summed E-state index contributed by atoms with van der Waals surface area (Å²) in [4.78, 5) is 51.8. The van der Waals surface area contributed by atoms with Gasteiger partial charge in [-0.3, -0.25) is 9.59 Å². The van der Waals surface area contributed by atoms with Crippen LogP contribution in [0.1, 0.15) is 89.7 Å². The lowest BCUT2D eigenvalue weighted by Crippen LogP contribution is -2.55. The highest BCUT2D eigenvalue weighted by atomic mass is 16.5. The molecule has 0 spiro atoms. The Morgan fingerprint density at radius 2 is 1.73 bits per heavy atom. The monoisotopic (exact) mass is 510 g/mol. The number of benzene rings is 1. The third-order valence-corrected chi connectivity index (χ3v) is 6.31. The van der Waals surface area contributed by atoms with Gasteiger partial charge in [0.25, 0.3) is 11.8 Å². The third kappa shape index (κ3) is 6.84. The molecule has 1 unspecified atom stereocenters. The van der Waals surface area contributed by atoms with Crippen molar-refractivity contribution in [3.05, 3.63) is 52.6 Å². The van der Waals surface area contributed by atoms with Gasteiger partial charge in [-0.15, -0.1) is 0 Å². The number of rotatable bonds is 10. The van der Waals surface area contributed by atoms with Crippen molar-refractivity contribution >= 4 is 17.8 Å². The fourth-order valence-electron chi connectivity index (χ4n) is 4.41. The largest absolute Gasteiger partial charge is 0.494 e. The molecule has 2 amide bonds. The molecule has 0 N–H and O–H groups in total. The van der Waals surface area contributed by atoms with Crippen molar-refractivity contribution in [2.75, 3.05) is 32.8 Å². The molecule has 1 saturated heterocycles. The van der Waals surface area contributed by atoms with Crippen LogP contribution in [0.4, 0.5) is 0 Å². The number of nitrogens with zero attached hydrogens (tertiary/aromatic N) is 4. The molecule has 1 fully saturated rings. The van der Waals surface area contributed by atoms with E-state index in [-0.39, 0.29) is 35.7 Å². The third-order valence-electron chi connectivity index (χ3n) is 6.31. The van der Waals surface area contributed by atoms with Gasteiger partial charge in [0, 0.05) is 31.2 Å². The summed E-state index contributed by atoms with van der Waals surface area (Å²) in [6.45, 7) is 11.3. The van der Waals surface area contributed by atoms with Gasteiger partial charge in [-0.2, -0.15) is 0 Å². The molecule has 1 aliphatic rings. The molecule has 0 bridgehead atoms. The fraction of sp³-hybridized carbons (Fsp3) is 0.536. The average molecular weight is 511 g/mol. The molecule has 0 saturated carbocycles. The molecule has 0 aliphatic carbocycles. The molecule has 1 aliphatic heterocycles. The van der Waals surface area contributed by atoms with Crippen LogP contribution in [0.25, 0.3) is 0 Å². The predicted molar refractivity (Wildman–Crippen MR) is 140 cm³/mol. The van der Waals surface area contributed by atoms with E-state index < -0.39 is 5.97 Å². The second-order valence-electron chi connectivity index (χ2n) is 9.24. The van der Waals surface area contributed by atoms with Crippen molar-refractivity contribution in [2.45, 2.75) is 66.3 Å². The first-order valence-electron chi connectivity index (χ1n) is 13.2. The number of hydrogen-bond acceptors (Lipinski definition) is 7. The number of aromatic nitrogens is 2. The van der Waals surface area contributed by atoms with Gasteiger partial charge in [-0.25, -0.2) is 14.8 Å². The minimum Gasteiger partial charge on any atom is -0.494 e. The molecule has 200 valence electrons. The number of hydrogen-bond donors (Lipinski definition) is 0. The SMILES string of the molecule is CCCCOc1ccc(C(=O)N2CCN(C(=O)c3nc(C)nc(CCC)c3C(=O)OCC)CC2C)cc1. The second kappa shape index (κ2) is 13.2. The van der Waals surface area contributed by atoms with Gasteiger partial charge in [-0.05, 0) is 57.9 Å². The van der Waals surface area contributed by atoms with Crippen LogP contribution < -0.4 is 4.74 Å². The van der Waals surface area contributed by atoms with E-state index in [0.717, 1.165) is 25.0 Å². The van der Waals surface area contributed by atoms with E-state index in [1.165, 1.54) is 0 Å². The number of ether oxygens (including phenoxy) is 2. The van der Waals surface area contributed by atoms with Crippen molar-refractivity contribution in [2.24, 2.45) is 0 Å². The van der Waals surface area contributed by atoms with Crippen LogP contribution in [0.5, 0.6) is 5.75 Å². The lowest BCUT2D eigenvalue weighted by molar-refractivity contribution is 0.0405. The number of carbonyl (C=O) groups excluding carboxylic acids is 3. The Morgan fingerprint density at radius 1 is 1.00 bits per heavy atom. The topological polar surface area (TPSA) is 102 Å². The van der Waals surface area contributed by atoms with Gasteiger partial charge in [0.15, 0.2) is 0 Å². The summed E-state index contributed by atoms with van der Waals surface area (Å²) >= 11 is 0. The standard InChI is InChI=1S/C28H38N4O5/c1-6-9-17-37-22-13-11-21(12-14-22)26(33)32-16-15-31(18-19(32)4)27(34)25-24(28(35)36-8-3)23(10-7-2)29-20(5)30-25/h11-14,19H,6-10,15-18H2,1-5H3. The predicted octanol–water partition coefficient (Wildman–Crippen LogP) is 4.08. The van der Waals surface area contributed by atoms with Crippen LogP contribution in [0.3, 0.4) is 0 Å². The summed E-state index contributed by atoms with van der Waals surface area (Å²) in [6.07, 6.45) is 3.35. The highest BCUT2D eigenvalue weighted by Crippen LogP contribution is 2.21. The number of unbranched alkanes of at least 4 members (excludes halogenated alkanes) is 1. The zero-order valence-corrected chi connectivity index (χ0v) is 22.6. The Balaban J connectivity index is 1.75. The number of carbonyl (C=O) groups is 3. The Hall–Kier alpha value is -3.49. The zero-order chi connectivity index (χ0) is 26.9. The Kier molecular flexibility index (Phi) is 10.00. The van der Waals surface area contributed by atoms with Crippen LogP contribution in [-0.2, 0) is 11.2 Å². The maximum atomic E-state index is 13.6. The Labute approximate surface area is 219 Å². The molecule has 37 heavy (non-hydrogen) atoms. The normalized spacial score (nSPS) is 15.4. The van der Waals surface area contributed by atoms with Crippen LogP contribution in [0.15, 0.2) is 24.3 Å². The van der Waals surface area contributed by atoms with E-state index in [1.54, 1.807) is 35.8 Å². The summed E-state index contributed by atoms with van der Waals surface area (Å²) in [6, 6.07) is 6.97. The van der Waals surface area contributed by atoms with E-state index >= 15 is 0 Å². The number of amides is 2. The summed E-state index contributed by atoms with van der Waals surface area (Å²) in [7, 11) is 0. The van der Waals surface area contributed by atoms with Gasteiger partial charge in [-0.1, -0.05) is 26.7 Å². The van der Waals surface area contributed by atoms with E-state index in [4.69, 9.17) is 9.47 Å². The summed E-state index contributed by atoms with van der Waals surface area (Å²) in [5, 5.41) is 0. The van der Waals surface area contributed by atoms with Crippen molar-refractivity contribution in [1.29, 1.82) is 0 Å². The van der Waals surface area contributed by atoms with E-state index in [0.29, 0.717) is 49.7 Å². The summed E-state index contributed by atoms with van der Waals surface area (Å²) in [5.41, 5.74) is 1.32. The quantitative estimate of drug-likeness (QED) is 0.351. The smallest absolute Gasteiger partial charge is 0.342 e. The van der Waals surface area contributed by atoms with Gasteiger partial charge >= 0.3 is 5.97 Å². The first-order valence-corrected chi connectivity index (χ1v) is 13.2. The molecule has 9 nitrogen and oxygen atoms in total. The lowest BCUT2D eigenvalue weighted by atomic mass is 10.0. The minimum atomic E-state index is -0.585. The van der Waals surface area contributed by atoms with E-state index in [9.17, 15) is 14.4 Å². The van der Waals surface area contributed by atoms with Crippen molar-refractivity contribution in [3.63, 3.8) is 0 Å². The number of esters is 1. The number of aryl methyl sites for hydroxylation is 2. The molecule has 1 atom stereocenters. The highest BCUT2D eigenvalue weighted by molar-refractivity contribution is 6.04. The van der Waals surface area contributed by atoms with Crippen molar-refractivity contribution < 1.29 is 23.9 Å². The van der Waals surface area contributed by atoms with Crippen LogP contribution in [0, 0.1) is 6.92 Å². The van der Waals surface area contributed by atoms with Gasteiger partial charge in [0.05, 0.1) is 18.9 Å². The zero-order valence-electron chi connectivity index (χ0n) is 22.6.